The minimum absolute atomic E-state index is 0.00615. The molecule has 0 spiro atoms. The first-order chi connectivity index (χ1) is 9.69. The molecule has 0 fully saturated rings. The summed E-state index contributed by atoms with van der Waals surface area (Å²) in [4.78, 5) is 26.1. The molecule has 0 aromatic heterocycles. The Kier molecular flexibility index (Phi) is 3.76. The van der Waals surface area contributed by atoms with Crippen molar-refractivity contribution in [2.75, 3.05) is 29.9 Å². The molecule has 0 bridgehead atoms. The minimum Gasteiger partial charge on any atom is -0.443 e. The van der Waals surface area contributed by atoms with Gasteiger partial charge in [0, 0.05) is 32.3 Å². The van der Waals surface area contributed by atoms with Crippen LogP contribution in [0.2, 0.25) is 0 Å². The summed E-state index contributed by atoms with van der Waals surface area (Å²) in [5.74, 6) is 0. The number of carbonyl (C=O) groups excluding carboxylic acids is 1. The Balaban J connectivity index is 2.36. The smallest absolute Gasteiger partial charge is 0.414 e. The van der Waals surface area contributed by atoms with E-state index < -0.39 is 16.6 Å². The van der Waals surface area contributed by atoms with E-state index in [9.17, 15) is 14.9 Å². The first-order valence-electron chi connectivity index (χ1n) is 6.69. The van der Waals surface area contributed by atoms with E-state index in [1.54, 1.807) is 26.8 Å². The van der Waals surface area contributed by atoms with E-state index in [4.69, 9.17) is 4.74 Å². The van der Waals surface area contributed by atoms with Crippen LogP contribution in [0.1, 0.15) is 20.8 Å². The van der Waals surface area contributed by atoms with Crippen LogP contribution >= 0.6 is 0 Å². The van der Waals surface area contributed by atoms with Gasteiger partial charge in [-0.3, -0.25) is 15.0 Å². The molecule has 0 radical (unpaired) electrons. The normalized spacial score (nSPS) is 14.7. The highest BCUT2D eigenvalue weighted by atomic mass is 16.6. The van der Waals surface area contributed by atoms with Crippen LogP contribution in [0.4, 0.5) is 21.9 Å². The number of fused-ring (bicyclic) bond motifs is 1. The molecule has 7 nitrogen and oxygen atoms in total. The summed E-state index contributed by atoms with van der Waals surface area (Å²) >= 11 is 0. The molecule has 21 heavy (non-hydrogen) atoms. The molecule has 0 aliphatic carbocycles. The number of nitro groups is 1. The van der Waals surface area contributed by atoms with Gasteiger partial charge >= 0.3 is 6.09 Å². The maximum absolute atomic E-state index is 12.3. The molecule has 0 saturated heterocycles. The number of nitrogens with zero attached hydrogens (tertiary/aromatic N) is 3. The first-order valence-corrected chi connectivity index (χ1v) is 6.69. The number of rotatable bonds is 1. The predicted octanol–water partition coefficient (Wildman–Crippen LogP) is 2.79. The van der Waals surface area contributed by atoms with Crippen molar-refractivity contribution in [1.82, 2.24) is 0 Å². The molecular formula is C14H19N3O4. The SMILES string of the molecule is CN1CCN(C(=O)OC(C)(C)C)c2ccc([N+](=O)[O-])cc21. The summed E-state index contributed by atoms with van der Waals surface area (Å²) in [6.45, 7) is 6.48. The number of likely N-dealkylation sites (N-methyl/N-ethyl adjacent to an activating group) is 1. The average Bonchev–Trinajstić information content (AvgIpc) is 2.36. The Morgan fingerprint density at radius 1 is 1.29 bits per heavy atom. The average molecular weight is 293 g/mol. The van der Waals surface area contributed by atoms with E-state index >= 15 is 0 Å². The van der Waals surface area contributed by atoms with Gasteiger partial charge in [-0.2, -0.15) is 0 Å². The van der Waals surface area contributed by atoms with Gasteiger partial charge in [0.25, 0.3) is 5.69 Å². The van der Waals surface area contributed by atoms with Crippen molar-refractivity contribution < 1.29 is 14.5 Å². The highest BCUT2D eigenvalue weighted by Crippen LogP contribution is 2.36. The molecule has 0 saturated carbocycles. The monoisotopic (exact) mass is 293 g/mol. The van der Waals surface area contributed by atoms with Crippen LogP contribution in [0.3, 0.4) is 0 Å². The fourth-order valence-corrected chi connectivity index (χ4v) is 2.16. The van der Waals surface area contributed by atoms with Gasteiger partial charge in [0.15, 0.2) is 0 Å². The van der Waals surface area contributed by atoms with Gasteiger partial charge in [0.2, 0.25) is 0 Å². The molecule has 0 N–H and O–H groups in total. The van der Waals surface area contributed by atoms with Crippen molar-refractivity contribution in [3.05, 3.63) is 28.3 Å². The van der Waals surface area contributed by atoms with Crippen LogP contribution in [0, 0.1) is 10.1 Å². The van der Waals surface area contributed by atoms with E-state index in [0.29, 0.717) is 24.5 Å². The summed E-state index contributed by atoms with van der Waals surface area (Å²) in [5.41, 5.74) is 0.706. The van der Waals surface area contributed by atoms with E-state index in [1.807, 2.05) is 11.9 Å². The summed E-state index contributed by atoms with van der Waals surface area (Å²) in [6, 6.07) is 4.47. The molecule has 1 aromatic carbocycles. The Hall–Kier alpha value is -2.31. The number of nitro benzene ring substituents is 1. The number of anilines is 2. The summed E-state index contributed by atoms with van der Waals surface area (Å²) in [6.07, 6.45) is -0.439. The third-order valence-electron chi connectivity index (χ3n) is 3.14. The van der Waals surface area contributed by atoms with E-state index in [1.165, 1.54) is 17.0 Å². The third-order valence-corrected chi connectivity index (χ3v) is 3.14. The lowest BCUT2D eigenvalue weighted by atomic mass is 10.1. The molecular weight excluding hydrogens is 274 g/mol. The Labute approximate surface area is 123 Å². The Morgan fingerprint density at radius 3 is 2.52 bits per heavy atom. The van der Waals surface area contributed by atoms with Gasteiger partial charge in [-0.15, -0.1) is 0 Å². The molecule has 114 valence electrons. The number of hydrogen-bond donors (Lipinski definition) is 0. The first kappa shape index (κ1) is 15.1. The lowest BCUT2D eigenvalue weighted by Gasteiger charge is -2.36. The van der Waals surface area contributed by atoms with E-state index in [-0.39, 0.29) is 5.69 Å². The van der Waals surface area contributed by atoms with Gasteiger partial charge in [-0.05, 0) is 26.8 Å². The largest absolute Gasteiger partial charge is 0.443 e. The van der Waals surface area contributed by atoms with Gasteiger partial charge in [-0.25, -0.2) is 4.79 Å². The van der Waals surface area contributed by atoms with Gasteiger partial charge in [0.1, 0.15) is 5.60 Å². The standard InChI is InChI=1S/C14H19N3O4/c1-14(2,3)21-13(18)16-8-7-15(4)12-9-10(17(19)20)5-6-11(12)16/h5-6,9H,7-8H2,1-4H3. The fraction of sp³-hybridized carbons (Fsp3) is 0.500. The van der Waals surface area contributed by atoms with E-state index in [2.05, 4.69) is 0 Å². The highest BCUT2D eigenvalue weighted by molar-refractivity contribution is 5.94. The summed E-state index contributed by atoms with van der Waals surface area (Å²) < 4.78 is 5.38. The fourth-order valence-electron chi connectivity index (χ4n) is 2.16. The molecule has 2 rings (SSSR count). The number of ether oxygens (including phenoxy) is 1. The molecule has 1 heterocycles. The van der Waals surface area contributed by atoms with Crippen molar-refractivity contribution in [2.24, 2.45) is 0 Å². The number of hydrogen-bond acceptors (Lipinski definition) is 5. The second kappa shape index (κ2) is 5.23. The van der Waals surface area contributed by atoms with Crippen LogP contribution in [-0.4, -0.2) is 36.8 Å². The zero-order chi connectivity index (χ0) is 15.8. The minimum atomic E-state index is -0.582. The van der Waals surface area contributed by atoms with Crippen LogP contribution in [-0.2, 0) is 4.74 Å². The third kappa shape index (κ3) is 3.24. The second-order valence-corrected chi connectivity index (χ2v) is 5.98. The number of benzene rings is 1. The van der Waals surface area contributed by atoms with Crippen molar-refractivity contribution >= 4 is 23.2 Å². The maximum Gasteiger partial charge on any atom is 0.414 e. The molecule has 1 aliphatic heterocycles. The van der Waals surface area contributed by atoms with Crippen LogP contribution < -0.4 is 9.80 Å². The Morgan fingerprint density at radius 2 is 1.95 bits per heavy atom. The van der Waals surface area contributed by atoms with Crippen molar-refractivity contribution in [2.45, 2.75) is 26.4 Å². The van der Waals surface area contributed by atoms with Gasteiger partial charge in [-0.1, -0.05) is 0 Å². The van der Waals surface area contributed by atoms with Crippen LogP contribution in [0.5, 0.6) is 0 Å². The maximum atomic E-state index is 12.3. The highest BCUT2D eigenvalue weighted by Gasteiger charge is 2.30. The van der Waals surface area contributed by atoms with Crippen molar-refractivity contribution in [3.8, 4) is 0 Å². The summed E-state index contributed by atoms with van der Waals surface area (Å²) in [7, 11) is 1.84. The zero-order valence-corrected chi connectivity index (χ0v) is 12.6. The summed E-state index contributed by atoms with van der Waals surface area (Å²) in [5, 5.41) is 10.9. The van der Waals surface area contributed by atoms with Crippen molar-refractivity contribution in [1.29, 1.82) is 0 Å². The van der Waals surface area contributed by atoms with Gasteiger partial charge < -0.3 is 9.64 Å². The zero-order valence-electron chi connectivity index (χ0n) is 12.6. The predicted molar refractivity (Wildman–Crippen MR) is 79.9 cm³/mol. The molecule has 1 aliphatic rings. The Bertz CT molecular complexity index is 580. The van der Waals surface area contributed by atoms with Crippen LogP contribution in [0.25, 0.3) is 0 Å². The lowest BCUT2D eigenvalue weighted by molar-refractivity contribution is -0.384. The molecule has 1 amide bonds. The quantitative estimate of drug-likeness (QED) is 0.588. The molecule has 1 aromatic rings. The van der Waals surface area contributed by atoms with Gasteiger partial charge in [0.05, 0.1) is 16.3 Å². The number of non-ortho nitro benzene ring substituents is 1. The molecule has 0 unspecified atom stereocenters. The van der Waals surface area contributed by atoms with Crippen LogP contribution in [0.15, 0.2) is 18.2 Å². The van der Waals surface area contributed by atoms with Crippen molar-refractivity contribution in [3.63, 3.8) is 0 Å². The second-order valence-electron chi connectivity index (χ2n) is 5.98. The van der Waals surface area contributed by atoms with E-state index in [0.717, 1.165) is 0 Å². The number of carbonyl (C=O) groups is 1. The topological polar surface area (TPSA) is 75.9 Å². The number of amides is 1. The lowest BCUT2D eigenvalue weighted by Crippen LogP contribution is -2.44. The molecule has 0 atom stereocenters. The molecule has 7 heteroatoms.